The van der Waals surface area contributed by atoms with Gasteiger partial charge in [0.2, 0.25) is 5.91 Å². The molecular weight excluding hydrogens is 342 g/mol. The van der Waals surface area contributed by atoms with Crippen LogP contribution in [0.5, 0.6) is 0 Å². The highest BCUT2D eigenvalue weighted by Gasteiger charge is 2.56. The first kappa shape index (κ1) is 16.4. The molecule has 0 radical (unpaired) electrons. The highest BCUT2D eigenvalue weighted by molar-refractivity contribution is 6.07. The zero-order chi connectivity index (χ0) is 18.5. The van der Waals surface area contributed by atoms with Crippen molar-refractivity contribution in [1.82, 2.24) is 9.88 Å². The molecule has 1 N–H and O–H groups in total. The molecule has 2 aromatic rings. The van der Waals surface area contributed by atoms with E-state index >= 15 is 0 Å². The Labute approximate surface area is 157 Å². The van der Waals surface area contributed by atoms with Crippen molar-refractivity contribution in [3.63, 3.8) is 0 Å². The standard InChI is InChI=1S/C21H21N3O3/c25-12-18-19-15-5-1-2-6-16(15)23(20(26)14-4-3-9-22-10-14)11-17(19)24(18)21(27)13-7-8-13/h1-6,9-10,13,17-19,25H,7-8,11-12H2/t17-,18+,19+/m0/s1. The highest BCUT2D eigenvalue weighted by Crippen LogP contribution is 2.50. The molecule has 0 unspecified atom stereocenters. The number of carbonyl (C=O) groups excluding carboxylic acids is 2. The van der Waals surface area contributed by atoms with E-state index in [1.165, 1.54) is 0 Å². The minimum Gasteiger partial charge on any atom is -0.394 e. The normalized spacial score (nSPS) is 26.0. The van der Waals surface area contributed by atoms with Crippen molar-refractivity contribution in [1.29, 1.82) is 0 Å². The summed E-state index contributed by atoms with van der Waals surface area (Å²) in [5.74, 6) is 0.190. The van der Waals surface area contributed by atoms with Gasteiger partial charge in [-0.05, 0) is 36.6 Å². The number of anilines is 1. The molecule has 5 rings (SSSR count). The van der Waals surface area contributed by atoms with E-state index in [1.54, 1.807) is 29.4 Å². The second-order valence-corrected chi connectivity index (χ2v) is 7.58. The summed E-state index contributed by atoms with van der Waals surface area (Å²) in [6, 6.07) is 11.1. The van der Waals surface area contributed by atoms with E-state index in [0.717, 1.165) is 24.1 Å². The second kappa shape index (κ2) is 6.16. The van der Waals surface area contributed by atoms with E-state index in [4.69, 9.17) is 0 Å². The van der Waals surface area contributed by atoms with Gasteiger partial charge in [-0.3, -0.25) is 14.6 Å². The van der Waals surface area contributed by atoms with Crippen LogP contribution in [0.3, 0.4) is 0 Å². The summed E-state index contributed by atoms with van der Waals surface area (Å²) in [6.45, 7) is 0.398. The Morgan fingerprint density at radius 2 is 1.96 bits per heavy atom. The fraction of sp³-hybridized carbons (Fsp3) is 0.381. The summed E-state index contributed by atoms with van der Waals surface area (Å²) < 4.78 is 0. The Bertz CT molecular complexity index is 897. The van der Waals surface area contributed by atoms with Gasteiger partial charge in [0.1, 0.15) is 0 Å². The van der Waals surface area contributed by atoms with Gasteiger partial charge in [0.05, 0.1) is 24.3 Å². The average Bonchev–Trinajstić information content (AvgIpc) is 3.54. The Morgan fingerprint density at radius 3 is 2.67 bits per heavy atom. The zero-order valence-corrected chi connectivity index (χ0v) is 14.9. The fourth-order valence-electron chi connectivity index (χ4n) is 4.57. The predicted octanol–water partition coefficient (Wildman–Crippen LogP) is 1.81. The number of nitrogens with zero attached hydrogens (tertiary/aromatic N) is 3. The molecule has 1 saturated carbocycles. The number of likely N-dealkylation sites (tertiary alicyclic amines) is 1. The zero-order valence-electron chi connectivity index (χ0n) is 14.9. The molecule has 3 heterocycles. The minimum atomic E-state index is -0.195. The van der Waals surface area contributed by atoms with Crippen LogP contribution in [0.4, 0.5) is 5.69 Å². The van der Waals surface area contributed by atoms with Gasteiger partial charge in [-0.25, -0.2) is 0 Å². The maximum Gasteiger partial charge on any atom is 0.259 e. The summed E-state index contributed by atoms with van der Waals surface area (Å²) in [5.41, 5.74) is 2.43. The van der Waals surface area contributed by atoms with Crippen molar-refractivity contribution in [2.75, 3.05) is 18.1 Å². The largest absolute Gasteiger partial charge is 0.394 e. The summed E-state index contributed by atoms with van der Waals surface area (Å²) >= 11 is 0. The number of benzene rings is 1. The van der Waals surface area contributed by atoms with Crippen LogP contribution in [-0.4, -0.2) is 52.0 Å². The van der Waals surface area contributed by atoms with Crippen LogP contribution in [0.2, 0.25) is 0 Å². The number of carbonyl (C=O) groups is 2. The quantitative estimate of drug-likeness (QED) is 0.903. The minimum absolute atomic E-state index is 0.0511. The van der Waals surface area contributed by atoms with Gasteiger partial charge in [0, 0.05) is 36.5 Å². The van der Waals surface area contributed by atoms with Crippen LogP contribution in [0.15, 0.2) is 48.8 Å². The van der Waals surface area contributed by atoms with Crippen LogP contribution in [0, 0.1) is 5.92 Å². The number of aromatic nitrogens is 1. The van der Waals surface area contributed by atoms with E-state index in [2.05, 4.69) is 4.98 Å². The van der Waals surface area contributed by atoms with Gasteiger partial charge >= 0.3 is 0 Å². The van der Waals surface area contributed by atoms with Crippen molar-refractivity contribution in [2.24, 2.45) is 5.92 Å². The van der Waals surface area contributed by atoms with E-state index in [9.17, 15) is 14.7 Å². The molecule has 138 valence electrons. The fourth-order valence-corrected chi connectivity index (χ4v) is 4.57. The molecule has 3 atom stereocenters. The smallest absolute Gasteiger partial charge is 0.259 e. The lowest BCUT2D eigenvalue weighted by Crippen LogP contribution is -2.71. The van der Waals surface area contributed by atoms with Gasteiger partial charge < -0.3 is 14.9 Å². The molecule has 1 aliphatic carbocycles. The Morgan fingerprint density at radius 1 is 1.15 bits per heavy atom. The first-order valence-corrected chi connectivity index (χ1v) is 9.44. The molecule has 6 heteroatoms. The van der Waals surface area contributed by atoms with E-state index in [0.29, 0.717) is 12.1 Å². The Hall–Kier alpha value is -2.73. The number of pyridine rings is 1. The van der Waals surface area contributed by atoms with Gasteiger partial charge in [0.15, 0.2) is 0 Å². The van der Waals surface area contributed by atoms with Gasteiger partial charge in [-0.2, -0.15) is 0 Å². The molecular formula is C21H21N3O3. The molecule has 2 amide bonds. The number of hydrogen-bond acceptors (Lipinski definition) is 4. The van der Waals surface area contributed by atoms with Gasteiger partial charge in [0.25, 0.3) is 5.91 Å². The lowest BCUT2D eigenvalue weighted by atomic mass is 9.71. The number of rotatable bonds is 3. The van der Waals surface area contributed by atoms with E-state index in [-0.39, 0.29) is 42.3 Å². The summed E-state index contributed by atoms with van der Waals surface area (Å²) in [5, 5.41) is 9.94. The van der Waals surface area contributed by atoms with Gasteiger partial charge in [-0.15, -0.1) is 0 Å². The molecule has 2 aliphatic heterocycles. The van der Waals surface area contributed by atoms with Crippen molar-refractivity contribution in [3.05, 3.63) is 59.9 Å². The maximum absolute atomic E-state index is 13.1. The first-order valence-electron chi connectivity index (χ1n) is 9.44. The van der Waals surface area contributed by atoms with Crippen molar-refractivity contribution in [2.45, 2.75) is 30.8 Å². The lowest BCUT2D eigenvalue weighted by molar-refractivity contribution is -0.151. The molecule has 27 heavy (non-hydrogen) atoms. The Balaban J connectivity index is 1.53. The van der Waals surface area contributed by atoms with Crippen LogP contribution in [0.1, 0.15) is 34.7 Å². The predicted molar refractivity (Wildman–Crippen MR) is 99.3 cm³/mol. The van der Waals surface area contributed by atoms with Crippen molar-refractivity contribution >= 4 is 17.5 Å². The van der Waals surface area contributed by atoms with Crippen molar-refractivity contribution in [3.8, 4) is 0 Å². The molecule has 3 aliphatic rings. The molecule has 1 saturated heterocycles. The Kier molecular flexibility index (Phi) is 3.75. The second-order valence-electron chi connectivity index (χ2n) is 7.58. The molecule has 1 aromatic heterocycles. The molecule has 0 bridgehead atoms. The number of aliphatic hydroxyl groups is 1. The van der Waals surface area contributed by atoms with E-state index in [1.807, 2.05) is 29.2 Å². The summed E-state index contributed by atoms with van der Waals surface area (Å²) in [4.78, 5) is 33.6. The number of hydrogen-bond donors (Lipinski definition) is 1. The highest BCUT2D eigenvalue weighted by atomic mass is 16.3. The first-order chi connectivity index (χ1) is 13.2. The maximum atomic E-state index is 13.1. The number of amides is 2. The molecule has 6 nitrogen and oxygen atoms in total. The number of fused-ring (bicyclic) bond motifs is 3. The molecule has 2 fully saturated rings. The van der Waals surface area contributed by atoms with Crippen LogP contribution >= 0.6 is 0 Å². The molecule has 0 spiro atoms. The third-order valence-electron chi connectivity index (χ3n) is 6.02. The van der Waals surface area contributed by atoms with Crippen LogP contribution in [-0.2, 0) is 4.79 Å². The summed E-state index contributed by atoms with van der Waals surface area (Å²) in [6.07, 6.45) is 5.08. The van der Waals surface area contributed by atoms with Crippen LogP contribution < -0.4 is 4.90 Å². The van der Waals surface area contributed by atoms with Gasteiger partial charge in [-0.1, -0.05) is 18.2 Å². The monoisotopic (exact) mass is 363 g/mol. The van der Waals surface area contributed by atoms with Crippen LogP contribution in [0.25, 0.3) is 0 Å². The third-order valence-corrected chi connectivity index (χ3v) is 6.02. The van der Waals surface area contributed by atoms with E-state index < -0.39 is 0 Å². The number of aliphatic hydroxyl groups excluding tert-OH is 1. The SMILES string of the molecule is O=C(c1cccnc1)N1C[C@H]2[C@@H](c3ccccc31)[C@@H](CO)N2C(=O)C1CC1. The topological polar surface area (TPSA) is 73.7 Å². The average molecular weight is 363 g/mol. The molecule has 1 aromatic carbocycles. The van der Waals surface area contributed by atoms with Crippen molar-refractivity contribution < 1.29 is 14.7 Å². The summed E-state index contributed by atoms with van der Waals surface area (Å²) in [7, 11) is 0. The number of para-hydroxylation sites is 1. The lowest BCUT2D eigenvalue weighted by Gasteiger charge is -2.59. The third kappa shape index (κ3) is 2.47.